The number of aromatic amines is 1. The van der Waals surface area contributed by atoms with Crippen LogP contribution in [0.2, 0.25) is 0 Å². The predicted molar refractivity (Wildman–Crippen MR) is 93.6 cm³/mol. The van der Waals surface area contributed by atoms with Gasteiger partial charge in [-0.15, -0.1) is 0 Å². The number of fused-ring (bicyclic) bond motifs is 1. The number of carboxylic acid groups (broad SMARTS) is 1. The van der Waals surface area contributed by atoms with Crippen molar-refractivity contribution in [3.8, 4) is 0 Å². The highest BCUT2D eigenvalue weighted by Crippen LogP contribution is 2.23. The zero-order chi connectivity index (χ0) is 18.1. The van der Waals surface area contributed by atoms with Crippen LogP contribution in [-0.4, -0.2) is 33.9 Å². The third kappa shape index (κ3) is 3.28. The van der Waals surface area contributed by atoms with Gasteiger partial charge in [-0.3, -0.25) is 4.79 Å². The minimum atomic E-state index is -1.03. The summed E-state index contributed by atoms with van der Waals surface area (Å²) >= 11 is 0. The number of aromatic carboxylic acids is 1. The molecule has 0 unspecified atom stereocenters. The first kappa shape index (κ1) is 16.8. The Morgan fingerprint density at radius 2 is 2.04 bits per heavy atom. The van der Waals surface area contributed by atoms with Crippen molar-refractivity contribution < 1.29 is 19.1 Å². The van der Waals surface area contributed by atoms with Crippen molar-refractivity contribution in [2.45, 2.75) is 26.8 Å². The van der Waals surface area contributed by atoms with E-state index >= 15 is 0 Å². The molecule has 6 nitrogen and oxygen atoms in total. The van der Waals surface area contributed by atoms with Crippen molar-refractivity contribution in [1.29, 1.82) is 0 Å². The maximum atomic E-state index is 12.5. The number of nitrogens with one attached hydrogen (secondary N) is 1. The van der Waals surface area contributed by atoms with E-state index in [2.05, 4.69) is 4.98 Å². The Kier molecular flexibility index (Phi) is 4.35. The molecule has 0 atom stereocenters. The molecular weight excluding hydrogens is 320 g/mol. The normalized spacial score (nSPS) is 11.0. The van der Waals surface area contributed by atoms with Gasteiger partial charge in [0.2, 0.25) is 5.91 Å². The summed E-state index contributed by atoms with van der Waals surface area (Å²) in [5, 5.41) is 10.2. The summed E-state index contributed by atoms with van der Waals surface area (Å²) in [6.07, 6.45) is 2.13. The SMILES string of the molecule is Cc1oc(CN(C)C(=O)Cc2c[nH]c3cccc(C)c23)cc1C(=O)O. The van der Waals surface area contributed by atoms with Crippen LogP contribution in [0, 0.1) is 13.8 Å². The molecular formula is C19H20N2O4. The van der Waals surface area contributed by atoms with E-state index in [1.807, 2.05) is 31.3 Å². The second kappa shape index (κ2) is 6.47. The number of amides is 1. The smallest absolute Gasteiger partial charge is 0.339 e. The molecule has 3 aromatic rings. The van der Waals surface area contributed by atoms with Gasteiger partial charge in [-0.05, 0) is 37.1 Å². The average Bonchev–Trinajstić information content (AvgIpc) is 3.12. The molecule has 0 fully saturated rings. The summed E-state index contributed by atoms with van der Waals surface area (Å²) < 4.78 is 5.44. The molecule has 0 aliphatic rings. The van der Waals surface area contributed by atoms with Crippen LogP contribution in [0.15, 0.2) is 34.9 Å². The zero-order valence-corrected chi connectivity index (χ0v) is 14.4. The molecule has 0 radical (unpaired) electrons. The van der Waals surface area contributed by atoms with Gasteiger partial charge in [-0.1, -0.05) is 12.1 Å². The second-order valence-electron chi connectivity index (χ2n) is 6.23. The number of aryl methyl sites for hydroxylation is 2. The van der Waals surface area contributed by atoms with E-state index < -0.39 is 5.97 Å². The number of likely N-dealkylation sites (N-methyl/N-ethyl adjacent to an activating group) is 1. The topological polar surface area (TPSA) is 86.5 Å². The van der Waals surface area contributed by atoms with E-state index in [9.17, 15) is 9.59 Å². The number of H-pyrrole nitrogens is 1. The first-order chi connectivity index (χ1) is 11.9. The minimum Gasteiger partial charge on any atom is -0.478 e. The Labute approximate surface area is 145 Å². The van der Waals surface area contributed by atoms with Crippen molar-refractivity contribution in [3.63, 3.8) is 0 Å². The fraction of sp³-hybridized carbons (Fsp3) is 0.263. The van der Waals surface area contributed by atoms with Crippen molar-refractivity contribution >= 4 is 22.8 Å². The van der Waals surface area contributed by atoms with Gasteiger partial charge in [0, 0.05) is 24.1 Å². The number of carbonyl (C=O) groups is 2. The lowest BCUT2D eigenvalue weighted by Gasteiger charge is -2.15. The molecule has 0 saturated carbocycles. The fourth-order valence-corrected chi connectivity index (χ4v) is 3.04. The average molecular weight is 340 g/mol. The van der Waals surface area contributed by atoms with Gasteiger partial charge in [0.15, 0.2) is 0 Å². The van der Waals surface area contributed by atoms with E-state index in [0.717, 1.165) is 22.0 Å². The summed E-state index contributed by atoms with van der Waals surface area (Å²) in [5.41, 5.74) is 3.21. The molecule has 0 aliphatic heterocycles. The Hall–Kier alpha value is -3.02. The summed E-state index contributed by atoms with van der Waals surface area (Å²) in [7, 11) is 1.68. The fourth-order valence-electron chi connectivity index (χ4n) is 3.04. The maximum absolute atomic E-state index is 12.5. The largest absolute Gasteiger partial charge is 0.478 e. The van der Waals surface area contributed by atoms with Crippen molar-refractivity contribution in [2.75, 3.05) is 7.05 Å². The van der Waals surface area contributed by atoms with Crippen molar-refractivity contribution in [1.82, 2.24) is 9.88 Å². The predicted octanol–water partition coefficient (Wildman–Crippen LogP) is 3.28. The molecule has 2 heterocycles. The van der Waals surface area contributed by atoms with Gasteiger partial charge in [0.25, 0.3) is 0 Å². The molecule has 6 heteroatoms. The summed E-state index contributed by atoms with van der Waals surface area (Å²) in [4.78, 5) is 28.4. The molecule has 0 bridgehead atoms. The number of carbonyl (C=O) groups excluding carboxylic acids is 1. The number of carboxylic acids is 1. The van der Waals surface area contributed by atoms with Crippen LogP contribution in [0.4, 0.5) is 0 Å². The Bertz CT molecular complexity index is 952. The number of nitrogens with zero attached hydrogens (tertiary/aromatic N) is 1. The number of rotatable bonds is 5. The van der Waals surface area contributed by atoms with E-state index in [0.29, 0.717) is 11.5 Å². The lowest BCUT2D eigenvalue weighted by Crippen LogP contribution is -2.27. The zero-order valence-electron chi connectivity index (χ0n) is 14.4. The lowest BCUT2D eigenvalue weighted by molar-refractivity contribution is -0.129. The van der Waals surface area contributed by atoms with Crippen LogP contribution in [0.25, 0.3) is 10.9 Å². The van der Waals surface area contributed by atoms with Crippen LogP contribution >= 0.6 is 0 Å². The molecule has 2 N–H and O–H groups in total. The monoisotopic (exact) mass is 340 g/mol. The third-order valence-electron chi connectivity index (χ3n) is 4.36. The molecule has 0 aliphatic carbocycles. The van der Waals surface area contributed by atoms with Gasteiger partial charge < -0.3 is 19.4 Å². The molecule has 25 heavy (non-hydrogen) atoms. The highest BCUT2D eigenvalue weighted by molar-refractivity contribution is 5.91. The number of benzene rings is 1. The van der Waals surface area contributed by atoms with Crippen LogP contribution in [-0.2, 0) is 17.8 Å². The first-order valence-corrected chi connectivity index (χ1v) is 7.99. The molecule has 3 rings (SSSR count). The molecule has 1 amide bonds. The maximum Gasteiger partial charge on any atom is 0.339 e. The number of hydrogen-bond acceptors (Lipinski definition) is 3. The van der Waals surface area contributed by atoms with Crippen LogP contribution in [0.5, 0.6) is 0 Å². The second-order valence-corrected chi connectivity index (χ2v) is 6.23. The van der Waals surface area contributed by atoms with E-state index in [1.165, 1.54) is 6.07 Å². The van der Waals surface area contributed by atoms with Crippen LogP contribution in [0.1, 0.15) is 33.0 Å². The number of furan rings is 1. The molecule has 0 saturated heterocycles. The summed E-state index contributed by atoms with van der Waals surface area (Å²) in [6.45, 7) is 3.85. The lowest BCUT2D eigenvalue weighted by atomic mass is 10.1. The van der Waals surface area contributed by atoms with E-state index in [1.54, 1.807) is 18.9 Å². The summed E-state index contributed by atoms with van der Waals surface area (Å²) in [6, 6.07) is 7.45. The van der Waals surface area contributed by atoms with Crippen molar-refractivity contribution in [2.24, 2.45) is 0 Å². The van der Waals surface area contributed by atoms with Gasteiger partial charge >= 0.3 is 5.97 Å². The highest BCUT2D eigenvalue weighted by Gasteiger charge is 2.18. The Morgan fingerprint density at radius 3 is 2.72 bits per heavy atom. The molecule has 0 spiro atoms. The molecule has 130 valence electrons. The molecule has 1 aromatic carbocycles. The van der Waals surface area contributed by atoms with Crippen LogP contribution < -0.4 is 0 Å². The Balaban J connectivity index is 1.74. The van der Waals surface area contributed by atoms with E-state index in [-0.39, 0.29) is 24.4 Å². The van der Waals surface area contributed by atoms with Gasteiger partial charge in [-0.2, -0.15) is 0 Å². The third-order valence-corrected chi connectivity index (χ3v) is 4.36. The minimum absolute atomic E-state index is 0.0601. The van der Waals surface area contributed by atoms with Gasteiger partial charge in [-0.25, -0.2) is 4.79 Å². The van der Waals surface area contributed by atoms with E-state index in [4.69, 9.17) is 9.52 Å². The summed E-state index contributed by atoms with van der Waals surface area (Å²) in [5.74, 6) is -0.290. The van der Waals surface area contributed by atoms with Crippen LogP contribution in [0.3, 0.4) is 0 Å². The number of hydrogen-bond donors (Lipinski definition) is 2. The highest BCUT2D eigenvalue weighted by atomic mass is 16.4. The quantitative estimate of drug-likeness (QED) is 0.746. The number of aromatic nitrogens is 1. The Morgan fingerprint density at radius 1 is 1.28 bits per heavy atom. The van der Waals surface area contributed by atoms with Gasteiger partial charge in [0.1, 0.15) is 17.1 Å². The molecule has 2 aromatic heterocycles. The standard InChI is InChI=1S/C19H20N2O4/c1-11-5-4-6-16-18(11)13(9-20-16)7-17(22)21(3)10-14-8-15(19(23)24)12(2)25-14/h4-6,8-9,20H,7,10H2,1-3H3,(H,23,24). The first-order valence-electron chi connectivity index (χ1n) is 7.99. The van der Waals surface area contributed by atoms with Crippen molar-refractivity contribution in [3.05, 3.63) is 58.7 Å². The van der Waals surface area contributed by atoms with Gasteiger partial charge in [0.05, 0.1) is 13.0 Å².